The molecule has 1 aromatic carbocycles. The van der Waals surface area contributed by atoms with Crippen molar-refractivity contribution in [2.75, 3.05) is 0 Å². The Morgan fingerprint density at radius 1 is 1.19 bits per heavy atom. The molecular formula is C9H8F3O3S. The zero-order valence-electron chi connectivity index (χ0n) is 7.90. The van der Waals surface area contributed by atoms with Gasteiger partial charge in [-0.15, -0.1) is 0 Å². The van der Waals surface area contributed by atoms with Gasteiger partial charge >= 0.3 is 6.18 Å². The molecule has 0 aliphatic carbocycles. The molecule has 0 aliphatic heterocycles. The summed E-state index contributed by atoms with van der Waals surface area (Å²) >= 11 is 0. The molecule has 0 aliphatic rings. The zero-order chi connectivity index (χ0) is 12.4. The van der Waals surface area contributed by atoms with Gasteiger partial charge < -0.3 is 0 Å². The first-order chi connectivity index (χ1) is 7.21. The lowest BCUT2D eigenvalue weighted by molar-refractivity contribution is -0.105. The summed E-state index contributed by atoms with van der Waals surface area (Å²) in [6.07, 6.45) is -5.94. The Balaban J connectivity index is 2.99. The lowest BCUT2D eigenvalue weighted by Crippen LogP contribution is -2.30. The van der Waals surface area contributed by atoms with Crippen LogP contribution in [0.2, 0.25) is 0 Å². The van der Waals surface area contributed by atoms with Crippen LogP contribution in [0.5, 0.6) is 0 Å². The van der Waals surface area contributed by atoms with E-state index in [9.17, 15) is 21.6 Å². The average molecular weight is 253 g/mol. The molecule has 0 fully saturated rings. The lowest BCUT2D eigenvalue weighted by Gasteiger charge is -2.15. The van der Waals surface area contributed by atoms with Gasteiger partial charge in [-0.1, -0.05) is 30.3 Å². The Morgan fingerprint density at radius 3 is 2.06 bits per heavy atom. The highest BCUT2D eigenvalue weighted by molar-refractivity contribution is 7.88. The highest BCUT2D eigenvalue weighted by Crippen LogP contribution is 2.34. The molecule has 0 bridgehead atoms. The van der Waals surface area contributed by atoms with Crippen LogP contribution in [-0.2, 0) is 16.5 Å². The predicted octanol–water partition coefficient (Wildman–Crippen LogP) is 2.21. The van der Waals surface area contributed by atoms with Gasteiger partial charge in [-0.05, 0) is 5.56 Å². The molecule has 0 aromatic heterocycles. The van der Waals surface area contributed by atoms with Crippen LogP contribution in [0.4, 0.5) is 13.2 Å². The molecule has 0 atom stereocenters. The summed E-state index contributed by atoms with van der Waals surface area (Å²) in [7, 11) is -5.23. The molecule has 0 saturated heterocycles. The highest BCUT2D eigenvalue weighted by Gasteiger charge is 2.49. The predicted molar refractivity (Wildman–Crippen MR) is 51.0 cm³/mol. The molecule has 0 spiro atoms. The molecule has 3 nitrogen and oxygen atoms in total. The summed E-state index contributed by atoms with van der Waals surface area (Å²) in [5.74, 6) is 0. The van der Waals surface area contributed by atoms with Crippen LogP contribution in [0.1, 0.15) is 5.56 Å². The van der Waals surface area contributed by atoms with Crippen molar-refractivity contribution in [1.29, 1.82) is 0 Å². The van der Waals surface area contributed by atoms with Crippen LogP contribution in [0.3, 0.4) is 0 Å². The second-order valence-corrected chi connectivity index (χ2v) is 4.50. The molecule has 0 amide bonds. The van der Waals surface area contributed by atoms with Crippen molar-refractivity contribution in [1.82, 2.24) is 0 Å². The molecule has 7 heteroatoms. The van der Waals surface area contributed by atoms with Gasteiger partial charge in [0.25, 0.3) is 10.1 Å². The topological polar surface area (TPSA) is 54.4 Å². The summed E-state index contributed by atoms with van der Waals surface area (Å²) in [5, 5.41) is -1.86. The van der Waals surface area contributed by atoms with Crippen molar-refractivity contribution in [3.63, 3.8) is 0 Å². The molecule has 16 heavy (non-hydrogen) atoms. The fourth-order valence-electron chi connectivity index (χ4n) is 1.12. The minimum Gasteiger partial charge on any atom is -0.285 e. The third-order valence-corrected chi connectivity index (χ3v) is 2.83. The van der Waals surface area contributed by atoms with E-state index in [0.717, 1.165) is 0 Å². The highest BCUT2D eigenvalue weighted by atomic mass is 32.2. The monoisotopic (exact) mass is 253 g/mol. The van der Waals surface area contributed by atoms with E-state index in [-0.39, 0.29) is 5.56 Å². The van der Waals surface area contributed by atoms with Gasteiger partial charge in [-0.2, -0.15) is 21.6 Å². The van der Waals surface area contributed by atoms with Crippen molar-refractivity contribution >= 4 is 10.1 Å². The maximum absolute atomic E-state index is 12.3. The number of hydrogen-bond donors (Lipinski definition) is 1. The van der Waals surface area contributed by atoms with E-state index < -0.39 is 28.0 Å². The maximum Gasteiger partial charge on any atom is 0.412 e. The Morgan fingerprint density at radius 2 is 1.69 bits per heavy atom. The van der Waals surface area contributed by atoms with Crippen LogP contribution in [0, 0.1) is 5.25 Å². The van der Waals surface area contributed by atoms with E-state index in [0.29, 0.717) is 0 Å². The number of hydrogen-bond acceptors (Lipinski definition) is 2. The molecule has 1 aromatic rings. The first-order valence-electron chi connectivity index (χ1n) is 4.15. The van der Waals surface area contributed by atoms with Crippen LogP contribution in [0.15, 0.2) is 30.3 Å². The van der Waals surface area contributed by atoms with Crippen LogP contribution >= 0.6 is 0 Å². The van der Waals surface area contributed by atoms with Gasteiger partial charge in [0.15, 0.2) is 0 Å². The number of benzene rings is 1. The van der Waals surface area contributed by atoms with Crippen LogP contribution in [-0.4, -0.2) is 19.1 Å². The van der Waals surface area contributed by atoms with Crippen molar-refractivity contribution in [3.8, 4) is 0 Å². The van der Waals surface area contributed by atoms with Crippen molar-refractivity contribution in [2.24, 2.45) is 0 Å². The molecule has 1 N–H and O–H groups in total. The minimum absolute atomic E-state index is 0.160. The molecule has 1 radical (unpaired) electrons. The normalized spacial score (nSPS) is 13.1. The van der Waals surface area contributed by atoms with Crippen LogP contribution < -0.4 is 0 Å². The minimum atomic E-state index is -5.23. The molecule has 89 valence electrons. The SMILES string of the molecule is O=S(=O)(O)[C](Cc1ccccc1)C(F)(F)F. The lowest BCUT2D eigenvalue weighted by atomic mass is 10.1. The van der Waals surface area contributed by atoms with Gasteiger partial charge in [0.1, 0.15) is 0 Å². The van der Waals surface area contributed by atoms with E-state index in [4.69, 9.17) is 4.55 Å². The second-order valence-electron chi connectivity index (χ2n) is 3.06. The Labute approximate surface area is 90.7 Å². The molecule has 0 saturated carbocycles. The average Bonchev–Trinajstić information content (AvgIpc) is 2.12. The fourth-order valence-corrected chi connectivity index (χ4v) is 1.76. The zero-order valence-corrected chi connectivity index (χ0v) is 8.72. The van der Waals surface area contributed by atoms with E-state index in [1.807, 2.05) is 0 Å². The van der Waals surface area contributed by atoms with Crippen molar-refractivity contribution in [3.05, 3.63) is 41.1 Å². The summed E-state index contributed by atoms with van der Waals surface area (Å²) in [4.78, 5) is 0. The standard InChI is InChI=1S/C9H8F3O3S/c10-9(11,12)8(16(13,14)15)6-7-4-2-1-3-5-7/h1-5H,6H2,(H,13,14,15). The Hall–Kier alpha value is -1.08. The van der Waals surface area contributed by atoms with Gasteiger partial charge in [0.2, 0.25) is 5.25 Å². The van der Waals surface area contributed by atoms with E-state index >= 15 is 0 Å². The third-order valence-electron chi connectivity index (χ3n) is 1.84. The summed E-state index contributed by atoms with van der Waals surface area (Å²) in [6, 6.07) is 7.23. The fraction of sp³-hybridized carbons (Fsp3) is 0.222. The van der Waals surface area contributed by atoms with Gasteiger partial charge in [-0.25, -0.2) is 0 Å². The second kappa shape index (κ2) is 4.42. The largest absolute Gasteiger partial charge is 0.412 e. The summed E-state index contributed by atoms with van der Waals surface area (Å²) in [5.41, 5.74) is 0.160. The Bertz CT molecular complexity index is 439. The number of alkyl halides is 3. The van der Waals surface area contributed by atoms with Crippen LogP contribution in [0.25, 0.3) is 0 Å². The smallest absolute Gasteiger partial charge is 0.285 e. The molecule has 0 heterocycles. The summed E-state index contributed by atoms with van der Waals surface area (Å²) < 4.78 is 66.6. The molecule has 1 rings (SSSR count). The molecular weight excluding hydrogens is 245 g/mol. The van der Waals surface area contributed by atoms with E-state index in [1.54, 1.807) is 6.07 Å². The first-order valence-corrected chi connectivity index (χ1v) is 5.59. The van der Waals surface area contributed by atoms with Crippen molar-refractivity contribution < 1.29 is 26.1 Å². The maximum atomic E-state index is 12.3. The first kappa shape index (κ1) is 13.0. The van der Waals surface area contributed by atoms with E-state index in [2.05, 4.69) is 0 Å². The quantitative estimate of drug-likeness (QED) is 0.840. The van der Waals surface area contributed by atoms with Gasteiger partial charge in [-0.3, -0.25) is 4.55 Å². The molecule has 0 unspecified atom stereocenters. The van der Waals surface area contributed by atoms with Gasteiger partial charge in [0, 0.05) is 6.42 Å². The third kappa shape index (κ3) is 3.49. The Kier molecular flexibility index (Phi) is 3.59. The van der Waals surface area contributed by atoms with E-state index in [1.165, 1.54) is 24.3 Å². The van der Waals surface area contributed by atoms with Crippen molar-refractivity contribution in [2.45, 2.75) is 12.6 Å². The number of rotatable bonds is 3. The van der Waals surface area contributed by atoms with Gasteiger partial charge in [0.05, 0.1) is 0 Å². The summed E-state index contributed by atoms with van der Waals surface area (Å²) in [6.45, 7) is 0. The number of halogens is 3.